The molecule has 120 valence electrons. The van der Waals surface area contributed by atoms with Crippen LogP contribution in [-0.4, -0.2) is 31.7 Å². The molecule has 0 saturated carbocycles. The van der Waals surface area contributed by atoms with E-state index in [1.165, 1.54) is 30.1 Å². The zero-order valence-corrected chi connectivity index (χ0v) is 14.6. The van der Waals surface area contributed by atoms with Crippen molar-refractivity contribution in [3.63, 3.8) is 0 Å². The van der Waals surface area contributed by atoms with E-state index in [2.05, 4.69) is 42.3 Å². The van der Waals surface area contributed by atoms with Gasteiger partial charge in [0, 0.05) is 34.3 Å². The van der Waals surface area contributed by atoms with Crippen LogP contribution in [0.5, 0.6) is 0 Å². The molecule has 0 unspecified atom stereocenters. The fourth-order valence-electron chi connectivity index (χ4n) is 1.77. The SMILES string of the molecule is Cn1cc(C(=O)O)c(C(=O)Nc2c(Br)cc([N+](=O)[O-])cc2Br)n1. The van der Waals surface area contributed by atoms with E-state index >= 15 is 0 Å². The van der Waals surface area contributed by atoms with Crippen LogP contribution in [0.3, 0.4) is 0 Å². The maximum absolute atomic E-state index is 12.3. The van der Waals surface area contributed by atoms with Crippen LogP contribution in [0.25, 0.3) is 0 Å². The van der Waals surface area contributed by atoms with Crippen molar-refractivity contribution in [3.8, 4) is 0 Å². The number of nitro benzene ring substituents is 1. The molecular weight excluding hydrogens is 440 g/mol. The molecule has 11 heteroatoms. The van der Waals surface area contributed by atoms with Crippen molar-refractivity contribution in [2.45, 2.75) is 0 Å². The Hall–Kier alpha value is -2.27. The molecule has 2 N–H and O–H groups in total. The van der Waals surface area contributed by atoms with E-state index in [-0.39, 0.29) is 31.6 Å². The lowest BCUT2D eigenvalue weighted by molar-refractivity contribution is -0.385. The van der Waals surface area contributed by atoms with Crippen LogP contribution in [0, 0.1) is 10.1 Å². The summed E-state index contributed by atoms with van der Waals surface area (Å²) in [5.41, 5.74) is -0.468. The maximum Gasteiger partial charge on any atom is 0.339 e. The van der Waals surface area contributed by atoms with Crippen LogP contribution in [0.2, 0.25) is 0 Å². The van der Waals surface area contributed by atoms with Crippen LogP contribution >= 0.6 is 31.9 Å². The Kier molecular flexibility index (Phi) is 4.80. The molecule has 1 aromatic carbocycles. The number of nitro groups is 1. The van der Waals surface area contributed by atoms with Crippen LogP contribution in [0.1, 0.15) is 20.8 Å². The fraction of sp³-hybridized carbons (Fsp3) is 0.0833. The Morgan fingerprint density at radius 3 is 2.39 bits per heavy atom. The van der Waals surface area contributed by atoms with Gasteiger partial charge in [-0.2, -0.15) is 5.10 Å². The van der Waals surface area contributed by atoms with Crippen LogP contribution in [0.4, 0.5) is 11.4 Å². The van der Waals surface area contributed by atoms with Crippen LogP contribution < -0.4 is 5.32 Å². The highest BCUT2D eigenvalue weighted by molar-refractivity contribution is 9.11. The van der Waals surface area contributed by atoms with Gasteiger partial charge in [-0.05, 0) is 31.9 Å². The molecule has 0 bridgehead atoms. The predicted octanol–water partition coefficient (Wildman–Crippen LogP) is 2.80. The first kappa shape index (κ1) is 17.1. The summed E-state index contributed by atoms with van der Waals surface area (Å²) in [6.45, 7) is 0. The summed E-state index contributed by atoms with van der Waals surface area (Å²) in [4.78, 5) is 33.6. The average molecular weight is 448 g/mol. The number of halogens is 2. The Morgan fingerprint density at radius 1 is 1.35 bits per heavy atom. The van der Waals surface area contributed by atoms with E-state index in [9.17, 15) is 19.7 Å². The lowest BCUT2D eigenvalue weighted by Gasteiger charge is -2.09. The number of aromatic nitrogens is 2. The third-order valence-electron chi connectivity index (χ3n) is 2.75. The van der Waals surface area contributed by atoms with Crippen molar-refractivity contribution in [2.24, 2.45) is 7.05 Å². The number of carbonyl (C=O) groups excluding carboxylic acids is 1. The van der Waals surface area contributed by atoms with E-state index in [0.717, 1.165) is 0 Å². The lowest BCUT2D eigenvalue weighted by atomic mass is 10.2. The van der Waals surface area contributed by atoms with Crippen molar-refractivity contribution in [1.29, 1.82) is 0 Å². The molecule has 1 aromatic heterocycles. The quantitative estimate of drug-likeness (QED) is 0.547. The van der Waals surface area contributed by atoms with E-state index < -0.39 is 16.8 Å². The van der Waals surface area contributed by atoms with Crippen molar-refractivity contribution >= 4 is 55.1 Å². The van der Waals surface area contributed by atoms with Crippen LogP contribution in [0.15, 0.2) is 27.3 Å². The second-order valence-electron chi connectivity index (χ2n) is 4.37. The van der Waals surface area contributed by atoms with Gasteiger partial charge in [0.05, 0.1) is 10.6 Å². The summed E-state index contributed by atoms with van der Waals surface area (Å²) in [5.74, 6) is -2.04. The summed E-state index contributed by atoms with van der Waals surface area (Å²) < 4.78 is 1.73. The summed E-state index contributed by atoms with van der Waals surface area (Å²) >= 11 is 6.26. The van der Waals surface area contributed by atoms with Gasteiger partial charge in [0.15, 0.2) is 5.69 Å². The molecule has 2 aromatic rings. The van der Waals surface area contributed by atoms with E-state index in [0.29, 0.717) is 0 Å². The van der Waals surface area contributed by atoms with Gasteiger partial charge in [-0.15, -0.1) is 0 Å². The summed E-state index contributed by atoms with van der Waals surface area (Å²) in [5, 5.41) is 26.1. The topological polar surface area (TPSA) is 127 Å². The van der Waals surface area contributed by atoms with Gasteiger partial charge in [-0.3, -0.25) is 19.6 Å². The molecule has 0 saturated heterocycles. The number of aryl methyl sites for hydroxylation is 1. The normalized spacial score (nSPS) is 10.4. The molecule has 1 amide bonds. The number of aromatic carboxylic acids is 1. The number of non-ortho nitro benzene ring substituents is 1. The molecule has 0 spiro atoms. The monoisotopic (exact) mass is 446 g/mol. The highest BCUT2D eigenvalue weighted by Gasteiger charge is 2.23. The number of carboxylic acids is 1. The molecular formula is C12H8Br2N4O5. The smallest absolute Gasteiger partial charge is 0.339 e. The average Bonchev–Trinajstić information content (AvgIpc) is 2.84. The minimum atomic E-state index is -1.29. The van der Waals surface area contributed by atoms with Crippen molar-refractivity contribution in [3.05, 3.63) is 48.6 Å². The number of rotatable bonds is 4. The molecule has 0 fully saturated rings. The minimum absolute atomic E-state index is 0.175. The number of nitrogens with zero attached hydrogens (tertiary/aromatic N) is 3. The standard InChI is InChI=1S/C12H8Br2N4O5/c1-17-4-6(12(20)21)9(16-17)11(19)15-10-7(13)2-5(18(22)23)3-8(10)14/h2-4H,1H3,(H,15,19)(H,20,21). The van der Waals surface area contributed by atoms with Gasteiger partial charge in [0.2, 0.25) is 0 Å². The largest absolute Gasteiger partial charge is 0.478 e. The first-order valence-corrected chi connectivity index (χ1v) is 7.51. The lowest BCUT2D eigenvalue weighted by Crippen LogP contribution is -2.17. The van der Waals surface area contributed by atoms with E-state index in [1.54, 1.807) is 0 Å². The number of carboxylic acid groups (broad SMARTS) is 1. The first-order valence-electron chi connectivity index (χ1n) is 5.92. The number of carbonyl (C=O) groups is 2. The van der Waals surface area contributed by atoms with Gasteiger partial charge in [-0.1, -0.05) is 0 Å². The molecule has 0 aliphatic carbocycles. The molecule has 2 rings (SSSR count). The Bertz CT molecular complexity index is 810. The van der Waals surface area contributed by atoms with Crippen molar-refractivity contribution < 1.29 is 19.6 Å². The van der Waals surface area contributed by atoms with Gasteiger partial charge < -0.3 is 10.4 Å². The molecule has 23 heavy (non-hydrogen) atoms. The number of amides is 1. The number of hydrogen-bond acceptors (Lipinski definition) is 5. The van der Waals surface area contributed by atoms with Crippen molar-refractivity contribution in [2.75, 3.05) is 5.32 Å². The zero-order chi connectivity index (χ0) is 17.3. The Labute approximate surface area is 145 Å². The van der Waals surface area contributed by atoms with Gasteiger partial charge in [0.25, 0.3) is 11.6 Å². The molecule has 0 aliphatic rings. The molecule has 0 aliphatic heterocycles. The highest BCUT2D eigenvalue weighted by atomic mass is 79.9. The molecule has 0 radical (unpaired) electrons. The van der Waals surface area contributed by atoms with Crippen molar-refractivity contribution in [1.82, 2.24) is 9.78 Å². The van der Waals surface area contributed by atoms with E-state index in [1.807, 2.05) is 0 Å². The number of nitrogens with one attached hydrogen (secondary N) is 1. The summed E-state index contributed by atoms with van der Waals surface area (Å²) in [6.07, 6.45) is 1.21. The van der Waals surface area contributed by atoms with Crippen LogP contribution in [-0.2, 0) is 7.05 Å². The number of hydrogen-bond donors (Lipinski definition) is 2. The summed E-state index contributed by atoms with van der Waals surface area (Å²) in [7, 11) is 1.49. The summed E-state index contributed by atoms with van der Waals surface area (Å²) in [6, 6.07) is 2.44. The zero-order valence-electron chi connectivity index (χ0n) is 11.4. The Morgan fingerprint density at radius 2 is 1.91 bits per heavy atom. The fourth-order valence-corrected chi connectivity index (χ4v) is 3.13. The highest BCUT2D eigenvalue weighted by Crippen LogP contribution is 2.35. The second-order valence-corrected chi connectivity index (χ2v) is 6.07. The third-order valence-corrected chi connectivity index (χ3v) is 4.00. The Balaban J connectivity index is 2.38. The predicted molar refractivity (Wildman–Crippen MR) is 86.6 cm³/mol. The first-order chi connectivity index (χ1) is 10.7. The minimum Gasteiger partial charge on any atom is -0.478 e. The number of anilines is 1. The van der Waals surface area contributed by atoms with Gasteiger partial charge in [-0.25, -0.2) is 4.79 Å². The maximum atomic E-state index is 12.3. The third kappa shape index (κ3) is 3.56. The molecule has 9 nitrogen and oxygen atoms in total. The van der Waals surface area contributed by atoms with Gasteiger partial charge in [0.1, 0.15) is 5.56 Å². The molecule has 0 atom stereocenters. The second kappa shape index (κ2) is 6.46. The van der Waals surface area contributed by atoms with E-state index in [4.69, 9.17) is 5.11 Å². The molecule has 1 heterocycles. The number of benzene rings is 1. The van der Waals surface area contributed by atoms with Gasteiger partial charge >= 0.3 is 5.97 Å².